The smallest absolute Gasteiger partial charge is 0.423 e. The first kappa shape index (κ1) is 36.3. The maximum absolute atomic E-state index is 15.0. The zero-order valence-electron chi connectivity index (χ0n) is 26.6. The van der Waals surface area contributed by atoms with Crippen molar-refractivity contribution >= 4 is 24.4 Å². The fraction of sp³-hybridized carbons (Fsp3) is 0.367. The molecule has 4 heterocycles. The van der Waals surface area contributed by atoms with Crippen molar-refractivity contribution in [2.75, 3.05) is 6.54 Å². The Balaban J connectivity index is 1.50. The van der Waals surface area contributed by atoms with E-state index in [1.165, 1.54) is 20.9 Å². The molecule has 0 saturated carbocycles. The predicted molar refractivity (Wildman–Crippen MR) is 162 cm³/mol. The SMILES string of the molecule is Cn1cc(-c2cc(C(F)(F)F)nn2CC(C)(C)NC(=O)[C@@H](Cc2cnn(C(F)F)c2)N2CCc3c(B(O)O)ccc(F)c3C2=O)cc(F)c1=O. The molecule has 1 aliphatic heterocycles. The number of halogens is 7. The number of fused-ring (bicyclic) bond motifs is 1. The van der Waals surface area contributed by atoms with Crippen LogP contribution in [0.25, 0.3) is 11.3 Å². The number of rotatable bonds is 10. The molecule has 50 heavy (non-hydrogen) atoms. The van der Waals surface area contributed by atoms with Crippen molar-refractivity contribution in [1.82, 2.24) is 34.3 Å². The van der Waals surface area contributed by atoms with Gasteiger partial charge in [-0.2, -0.15) is 32.1 Å². The number of aromatic nitrogens is 5. The van der Waals surface area contributed by atoms with E-state index in [-0.39, 0.29) is 40.8 Å². The Morgan fingerprint density at radius 3 is 2.38 bits per heavy atom. The van der Waals surface area contributed by atoms with Crippen molar-refractivity contribution in [2.45, 2.75) is 57.5 Å². The average molecular weight is 711 g/mol. The minimum absolute atomic E-state index is 0.00721. The largest absolute Gasteiger partial charge is 0.488 e. The second kappa shape index (κ2) is 13.4. The van der Waals surface area contributed by atoms with Crippen LogP contribution in [0, 0.1) is 11.6 Å². The molecular weight excluding hydrogens is 682 g/mol. The molecule has 266 valence electrons. The van der Waals surface area contributed by atoms with E-state index in [4.69, 9.17) is 0 Å². The molecule has 12 nitrogen and oxygen atoms in total. The molecule has 20 heteroatoms. The molecule has 0 spiro atoms. The molecule has 0 saturated heterocycles. The minimum Gasteiger partial charge on any atom is -0.423 e. The molecule has 3 N–H and O–H groups in total. The van der Waals surface area contributed by atoms with Gasteiger partial charge in [0.05, 0.1) is 29.5 Å². The summed E-state index contributed by atoms with van der Waals surface area (Å²) in [5.74, 6) is -4.16. The summed E-state index contributed by atoms with van der Waals surface area (Å²) in [6.45, 7) is -0.903. The van der Waals surface area contributed by atoms with Crippen LogP contribution in [0.15, 0.2) is 47.7 Å². The van der Waals surface area contributed by atoms with Gasteiger partial charge in [0.2, 0.25) is 5.91 Å². The highest BCUT2D eigenvalue weighted by atomic mass is 19.4. The van der Waals surface area contributed by atoms with Gasteiger partial charge in [0.1, 0.15) is 11.9 Å². The molecule has 0 unspecified atom stereocenters. The molecule has 4 aromatic rings. The second-order valence-electron chi connectivity index (χ2n) is 12.4. The van der Waals surface area contributed by atoms with Gasteiger partial charge in [-0.3, -0.25) is 19.1 Å². The zero-order valence-corrected chi connectivity index (χ0v) is 26.6. The fourth-order valence-electron chi connectivity index (χ4n) is 5.86. The Kier molecular flexibility index (Phi) is 9.72. The number of pyridine rings is 1. The number of nitrogens with one attached hydrogen (secondary N) is 1. The van der Waals surface area contributed by atoms with Crippen LogP contribution in [0.4, 0.5) is 30.7 Å². The third-order valence-electron chi connectivity index (χ3n) is 8.13. The van der Waals surface area contributed by atoms with Crippen LogP contribution < -0.4 is 16.3 Å². The monoisotopic (exact) mass is 711 g/mol. The lowest BCUT2D eigenvalue weighted by Crippen LogP contribution is -2.58. The normalized spacial score (nSPS) is 14.3. The molecular formula is C30H29BF7N7O5. The summed E-state index contributed by atoms with van der Waals surface area (Å²) in [7, 11) is -0.833. The van der Waals surface area contributed by atoms with E-state index < -0.39 is 84.7 Å². The van der Waals surface area contributed by atoms with Gasteiger partial charge in [-0.05, 0) is 55.1 Å². The van der Waals surface area contributed by atoms with E-state index in [1.54, 1.807) is 0 Å². The van der Waals surface area contributed by atoms with Crippen molar-refractivity contribution in [2.24, 2.45) is 7.05 Å². The number of carbonyl (C=O) groups is 2. The number of nitrogens with zero attached hydrogens (tertiary/aromatic N) is 6. The summed E-state index contributed by atoms with van der Waals surface area (Å²) in [6.07, 6.45) is -2.35. The zero-order chi connectivity index (χ0) is 36.9. The lowest BCUT2D eigenvalue weighted by Gasteiger charge is -2.37. The van der Waals surface area contributed by atoms with Gasteiger partial charge in [0.25, 0.3) is 11.5 Å². The molecule has 0 bridgehead atoms. The summed E-state index contributed by atoms with van der Waals surface area (Å²) in [5.41, 5.74) is -4.76. The molecule has 3 aromatic heterocycles. The van der Waals surface area contributed by atoms with Gasteiger partial charge in [-0.25, -0.2) is 13.5 Å². The van der Waals surface area contributed by atoms with Crippen LogP contribution in [0.2, 0.25) is 0 Å². The third kappa shape index (κ3) is 7.30. The number of hydrogen-bond donors (Lipinski definition) is 3. The molecule has 5 rings (SSSR count). The van der Waals surface area contributed by atoms with Crippen LogP contribution in [-0.2, 0) is 37.4 Å². The fourth-order valence-corrected chi connectivity index (χ4v) is 5.86. The minimum atomic E-state index is -4.92. The first-order valence-corrected chi connectivity index (χ1v) is 14.9. The summed E-state index contributed by atoms with van der Waals surface area (Å²) in [6, 6.07) is 1.85. The molecule has 1 aliphatic rings. The van der Waals surface area contributed by atoms with Crippen molar-refractivity contribution in [1.29, 1.82) is 0 Å². The Morgan fingerprint density at radius 1 is 1.08 bits per heavy atom. The van der Waals surface area contributed by atoms with E-state index in [9.17, 15) is 50.8 Å². The molecule has 0 aliphatic carbocycles. The summed E-state index contributed by atoms with van der Waals surface area (Å²) in [4.78, 5) is 40.6. The first-order valence-electron chi connectivity index (χ1n) is 14.9. The number of aryl methyl sites for hydroxylation is 1. The Morgan fingerprint density at radius 2 is 1.78 bits per heavy atom. The maximum atomic E-state index is 15.0. The van der Waals surface area contributed by atoms with Crippen LogP contribution in [0.5, 0.6) is 0 Å². The lowest BCUT2D eigenvalue weighted by atomic mass is 9.73. The standard InChI is InChI=1S/C30H29BF7N7O5/c1-29(2,14-45-21(10-23(41-45)30(36,37)38)16-9-20(33)26(47)42(3)13-16)40-25(46)22(8-15-11-39-44(12-15)28(34)35)43-7-6-17-18(31(49)50)4-5-19(32)24(17)27(43)48/h4-5,9-13,22,28,49-50H,6-8,14H2,1-3H3,(H,40,46)/t22-/m1/s1. The maximum Gasteiger partial charge on any atom is 0.488 e. The highest BCUT2D eigenvalue weighted by Gasteiger charge is 2.40. The number of alkyl halides is 5. The topological polar surface area (TPSA) is 148 Å². The third-order valence-corrected chi connectivity index (χ3v) is 8.13. The highest BCUT2D eigenvalue weighted by Crippen LogP contribution is 2.33. The summed E-state index contributed by atoms with van der Waals surface area (Å²) in [5, 5.41) is 29.3. The van der Waals surface area contributed by atoms with Crippen LogP contribution in [0.3, 0.4) is 0 Å². The second-order valence-corrected chi connectivity index (χ2v) is 12.4. The van der Waals surface area contributed by atoms with Crippen molar-refractivity contribution < 1.29 is 50.4 Å². The van der Waals surface area contributed by atoms with Crippen LogP contribution in [0.1, 0.15) is 47.6 Å². The van der Waals surface area contributed by atoms with E-state index in [0.717, 1.165) is 50.9 Å². The van der Waals surface area contributed by atoms with Gasteiger partial charge >= 0.3 is 19.8 Å². The summed E-state index contributed by atoms with van der Waals surface area (Å²) < 4.78 is 99.2. The van der Waals surface area contributed by atoms with Crippen LogP contribution in [-0.4, -0.2) is 76.1 Å². The Hall–Kier alpha value is -4.98. The van der Waals surface area contributed by atoms with Gasteiger partial charge in [-0.1, -0.05) is 6.07 Å². The molecule has 1 atom stereocenters. The van der Waals surface area contributed by atoms with Crippen molar-refractivity contribution in [3.05, 3.63) is 87.2 Å². The van der Waals surface area contributed by atoms with E-state index in [0.29, 0.717) is 10.7 Å². The van der Waals surface area contributed by atoms with Crippen molar-refractivity contribution in [3.8, 4) is 11.3 Å². The molecule has 0 radical (unpaired) electrons. The Bertz CT molecular complexity index is 1980. The summed E-state index contributed by atoms with van der Waals surface area (Å²) >= 11 is 0. The molecule has 0 fully saturated rings. The van der Waals surface area contributed by atoms with E-state index >= 15 is 4.39 Å². The predicted octanol–water partition coefficient (Wildman–Crippen LogP) is 2.02. The highest BCUT2D eigenvalue weighted by molar-refractivity contribution is 6.59. The molecule has 1 aromatic carbocycles. The van der Waals surface area contributed by atoms with Gasteiger partial charge in [0, 0.05) is 38.0 Å². The number of hydrogen-bond acceptors (Lipinski definition) is 7. The number of benzene rings is 1. The van der Waals surface area contributed by atoms with E-state index in [2.05, 4.69) is 15.5 Å². The molecule has 2 amide bonds. The first-order chi connectivity index (χ1) is 23.3. The number of carbonyl (C=O) groups excluding carboxylic acids is 2. The van der Waals surface area contributed by atoms with Gasteiger partial charge in [-0.15, -0.1) is 0 Å². The van der Waals surface area contributed by atoms with E-state index in [1.807, 2.05) is 0 Å². The van der Waals surface area contributed by atoms with Crippen molar-refractivity contribution in [3.63, 3.8) is 0 Å². The number of amides is 2. The van der Waals surface area contributed by atoms with Gasteiger partial charge < -0.3 is 24.8 Å². The van der Waals surface area contributed by atoms with Crippen LogP contribution >= 0.6 is 0 Å². The Labute approximate surface area is 278 Å². The average Bonchev–Trinajstić information content (AvgIpc) is 3.66. The quantitative estimate of drug-likeness (QED) is 0.169. The lowest BCUT2D eigenvalue weighted by molar-refractivity contribution is -0.141. The van der Waals surface area contributed by atoms with Gasteiger partial charge in [0.15, 0.2) is 11.5 Å².